The molecule has 9 nitrogen and oxygen atoms in total. The molecule has 51 heavy (non-hydrogen) atoms. The lowest BCUT2D eigenvalue weighted by Crippen LogP contribution is -2.57. The number of methoxy groups -OCH3 is 1. The molecule has 0 aromatic heterocycles. The summed E-state index contributed by atoms with van der Waals surface area (Å²) in [4.78, 5) is 54.7. The van der Waals surface area contributed by atoms with Gasteiger partial charge in [0.15, 0.2) is 5.78 Å². The van der Waals surface area contributed by atoms with Gasteiger partial charge >= 0.3 is 0 Å². The number of ketones is 1. The molecule has 0 spiro atoms. The molecular weight excluding hydrogens is 642 g/mol. The Kier molecular flexibility index (Phi) is 10.5. The lowest BCUT2D eigenvalue weighted by Gasteiger charge is -2.25. The van der Waals surface area contributed by atoms with Crippen molar-refractivity contribution in [3.8, 4) is 16.9 Å². The van der Waals surface area contributed by atoms with E-state index in [1.54, 1.807) is 33.1 Å². The van der Waals surface area contributed by atoms with Crippen LogP contribution in [0.3, 0.4) is 0 Å². The van der Waals surface area contributed by atoms with Crippen molar-refractivity contribution in [2.75, 3.05) is 13.7 Å². The SMILES string of the molecule is COc1ccc(C[C@H](NC(=O)[C@@H](C)NC(=O)C2=C(C)c3ccccc3C2)C(=O)N[C@@H](Cc2ccc(-c3ccccc3)cc2)C(=O)[C@@]2(C)CO2)cc1. The Balaban J connectivity index is 1.18. The van der Waals surface area contributed by atoms with E-state index >= 15 is 0 Å². The molecule has 4 atom stereocenters. The molecule has 4 aromatic carbocycles. The van der Waals surface area contributed by atoms with E-state index in [2.05, 4.69) is 16.0 Å². The lowest BCUT2D eigenvalue weighted by atomic mass is 9.93. The second kappa shape index (κ2) is 15.1. The molecule has 1 saturated heterocycles. The predicted octanol–water partition coefficient (Wildman–Crippen LogP) is 5.01. The number of carbonyl (C=O) groups excluding carboxylic acids is 4. The average Bonchev–Trinajstić information content (AvgIpc) is 3.82. The summed E-state index contributed by atoms with van der Waals surface area (Å²) in [7, 11) is 1.57. The van der Waals surface area contributed by atoms with Gasteiger partial charge < -0.3 is 25.4 Å². The Morgan fingerprint density at radius 1 is 0.745 bits per heavy atom. The monoisotopic (exact) mass is 685 g/mol. The number of benzene rings is 4. The zero-order valence-corrected chi connectivity index (χ0v) is 29.3. The Hall–Kier alpha value is -5.54. The number of fused-ring (bicyclic) bond motifs is 1. The van der Waals surface area contributed by atoms with E-state index in [-0.39, 0.29) is 31.1 Å². The van der Waals surface area contributed by atoms with Crippen LogP contribution in [0.4, 0.5) is 0 Å². The van der Waals surface area contributed by atoms with Crippen LogP contribution in [0, 0.1) is 0 Å². The summed E-state index contributed by atoms with van der Waals surface area (Å²) in [6.45, 7) is 5.48. The molecule has 1 heterocycles. The number of hydrogen-bond acceptors (Lipinski definition) is 6. The zero-order valence-electron chi connectivity index (χ0n) is 29.3. The number of nitrogens with one attached hydrogen (secondary N) is 3. The van der Waals surface area contributed by atoms with Gasteiger partial charge in [-0.05, 0) is 78.3 Å². The number of rotatable bonds is 14. The molecule has 3 amide bonds. The summed E-state index contributed by atoms with van der Waals surface area (Å²) < 4.78 is 10.8. The van der Waals surface area contributed by atoms with E-state index in [1.165, 1.54) is 0 Å². The van der Waals surface area contributed by atoms with Crippen molar-refractivity contribution >= 4 is 29.1 Å². The molecule has 0 bridgehead atoms. The van der Waals surface area contributed by atoms with E-state index in [0.717, 1.165) is 39.0 Å². The van der Waals surface area contributed by atoms with Crippen LogP contribution in [0.5, 0.6) is 5.75 Å². The maximum atomic E-state index is 14.1. The number of hydrogen-bond donors (Lipinski definition) is 3. The number of ether oxygens (including phenoxy) is 2. The third-order valence-corrected chi connectivity index (χ3v) is 9.72. The smallest absolute Gasteiger partial charge is 0.248 e. The third-order valence-electron chi connectivity index (χ3n) is 9.72. The van der Waals surface area contributed by atoms with Crippen molar-refractivity contribution in [1.29, 1.82) is 0 Å². The van der Waals surface area contributed by atoms with Crippen LogP contribution in [0.25, 0.3) is 16.7 Å². The van der Waals surface area contributed by atoms with Crippen molar-refractivity contribution in [3.05, 3.63) is 131 Å². The van der Waals surface area contributed by atoms with E-state index < -0.39 is 35.5 Å². The van der Waals surface area contributed by atoms with Gasteiger partial charge in [0.25, 0.3) is 0 Å². The second-order valence-corrected chi connectivity index (χ2v) is 13.5. The van der Waals surface area contributed by atoms with Gasteiger partial charge in [-0.25, -0.2) is 0 Å². The quantitative estimate of drug-likeness (QED) is 0.160. The van der Waals surface area contributed by atoms with E-state index in [9.17, 15) is 19.2 Å². The van der Waals surface area contributed by atoms with Crippen molar-refractivity contribution in [1.82, 2.24) is 16.0 Å². The van der Waals surface area contributed by atoms with Crippen molar-refractivity contribution in [2.24, 2.45) is 0 Å². The number of Topliss-reactive ketones (excluding diaryl/α,β-unsaturated/α-hetero) is 1. The average molecular weight is 686 g/mol. The second-order valence-electron chi connectivity index (χ2n) is 13.5. The van der Waals surface area contributed by atoms with Crippen LogP contribution >= 0.6 is 0 Å². The number of amides is 3. The van der Waals surface area contributed by atoms with Gasteiger partial charge in [-0.3, -0.25) is 19.2 Å². The highest BCUT2D eigenvalue weighted by molar-refractivity contribution is 6.05. The largest absolute Gasteiger partial charge is 0.497 e. The molecule has 1 aliphatic carbocycles. The van der Waals surface area contributed by atoms with Gasteiger partial charge in [0, 0.05) is 18.4 Å². The van der Waals surface area contributed by atoms with Gasteiger partial charge in [-0.15, -0.1) is 0 Å². The molecule has 1 fully saturated rings. The fourth-order valence-electron chi connectivity index (χ4n) is 6.43. The summed E-state index contributed by atoms with van der Waals surface area (Å²) in [6.07, 6.45) is 0.866. The van der Waals surface area contributed by atoms with Crippen LogP contribution in [-0.2, 0) is 43.2 Å². The van der Waals surface area contributed by atoms with E-state index in [4.69, 9.17) is 9.47 Å². The fraction of sp³-hybridized carbons (Fsp3) is 0.286. The highest BCUT2D eigenvalue weighted by Crippen LogP contribution is 2.32. The Bertz CT molecular complexity index is 1950. The van der Waals surface area contributed by atoms with E-state index in [1.807, 2.05) is 97.9 Å². The summed E-state index contributed by atoms with van der Waals surface area (Å²) in [5.41, 5.74) is 6.35. The van der Waals surface area contributed by atoms with Crippen LogP contribution in [0.1, 0.15) is 43.0 Å². The van der Waals surface area contributed by atoms with Crippen LogP contribution < -0.4 is 20.7 Å². The zero-order chi connectivity index (χ0) is 36.1. The summed E-state index contributed by atoms with van der Waals surface area (Å²) in [5.74, 6) is -0.961. The first-order chi connectivity index (χ1) is 24.5. The van der Waals surface area contributed by atoms with Crippen molar-refractivity contribution in [3.63, 3.8) is 0 Å². The van der Waals surface area contributed by atoms with Crippen LogP contribution in [0.2, 0.25) is 0 Å². The fourth-order valence-corrected chi connectivity index (χ4v) is 6.43. The number of epoxide rings is 1. The van der Waals surface area contributed by atoms with Gasteiger partial charge in [0.05, 0.1) is 19.8 Å². The molecule has 2 aliphatic rings. The molecule has 0 unspecified atom stereocenters. The maximum Gasteiger partial charge on any atom is 0.248 e. The van der Waals surface area contributed by atoms with Crippen LogP contribution in [0.15, 0.2) is 109 Å². The molecule has 6 rings (SSSR count). The summed E-state index contributed by atoms with van der Waals surface area (Å²) in [6, 6.07) is 30.0. The highest BCUT2D eigenvalue weighted by Gasteiger charge is 2.50. The molecule has 1 aliphatic heterocycles. The summed E-state index contributed by atoms with van der Waals surface area (Å²) in [5, 5.41) is 8.61. The number of allylic oxidation sites excluding steroid dienone is 1. The van der Waals surface area contributed by atoms with Crippen molar-refractivity contribution in [2.45, 2.75) is 63.8 Å². The number of carbonyl (C=O) groups is 4. The minimum atomic E-state index is -1.05. The topological polar surface area (TPSA) is 126 Å². The normalized spacial score (nSPS) is 17.8. The van der Waals surface area contributed by atoms with Gasteiger partial charge in [0.2, 0.25) is 17.7 Å². The molecule has 4 aromatic rings. The molecule has 0 saturated carbocycles. The van der Waals surface area contributed by atoms with Crippen molar-refractivity contribution < 1.29 is 28.7 Å². The van der Waals surface area contributed by atoms with Crippen LogP contribution in [-0.4, -0.2) is 60.9 Å². The molecule has 3 N–H and O–H groups in total. The van der Waals surface area contributed by atoms with Gasteiger partial charge in [-0.1, -0.05) is 91.0 Å². The van der Waals surface area contributed by atoms with Gasteiger partial charge in [0.1, 0.15) is 23.4 Å². The Morgan fingerprint density at radius 3 is 1.94 bits per heavy atom. The van der Waals surface area contributed by atoms with E-state index in [0.29, 0.717) is 17.7 Å². The molecular formula is C42H43N3O6. The standard InChI is InChI=1S/C42H43N3O6/c1-26-34-13-9-8-12-32(34)24-35(26)40(48)43-27(2)39(47)45-37(23-29-16-20-33(50-4)21-17-29)41(49)44-36(38(46)42(3)25-51-42)22-28-14-18-31(19-15-28)30-10-6-5-7-11-30/h5-21,27,36-37H,22-25H2,1-4H3,(H,43,48)(H,44,49)(H,45,47)/t27-,36+,37+,42-/m1/s1. The molecule has 262 valence electrons. The first-order valence-electron chi connectivity index (χ1n) is 17.2. The minimum Gasteiger partial charge on any atom is -0.497 e. The molecule has 0 radical (unpaired) electrons. The first kappa shape index (κ1) is 35.3. The predicted molar refractivity (Wildman–Crippen MR) is 196 cm³/mol. The minimum absolute atomic E-state index is 0.141. The lowest BCUT2D eigenvalue weighted by molar-refractivity contribution is -0.133. The first-order valence-corrected chi connectivity index (χ1v) is 17.2. The maximum absolute atomic E-state index is 14.1. The third kappa shape index (κ3) is 8.27. The Labute approximate surface area is 298 Å². The highest BCUT2D eigenvalue weighted by atomic mass is 16.6. The Morgan fingerprint density at radius 2 is 1.31 bits per heavy atom. The van der Waals surface area contributed by atoms with Gasteiger partial charge in [-0.2, -0.15) is 0 Å². The summed E-state index contributed by atoms with van der Waals surface area (Å²) >= 11 is 0. The molecule has 9 heteroatoms.